The minimum absolute atomic E-state index is 0.284. The highest BCUT2D eigenvalue weighted by Gasteiger charge is 2.09. The fourth-order valence-corrected chi connectivity index (χ4v) is 1.67. The molecule has 1 heterocycles. The number of aromatic nitrogens is 2. The molecule has 2 N–H and O–H groups in total. The second-order valence-corrected chi connectivity index (χ2v) is 4.29. The number of halogens is 2. The molecule has 1 aromatic heterocycles. The summed E-state index contributed by atoms with van der Waals surface area (Å²) in [6, 6.07) is 5.56. The van der Waals surface area contributed by atoms with Gasteiger partial charge in [0.05, 0.1) is 22.3 Å². The molecule has 0 saturated carbocycles. The van der Waals surface area contributed by atoms with Crippen LogP contribution in [0.15, 0.2) is 22.6 Å². The van der Waals surface area contributed by atoms with E-state index in [9.17, 15) is 0 Å². The molecule has 0 atom stereocenters. The average molecular weight is 287 g/mol. The van der Waals surface area contributed by atoms with Crippen molar-refractivity contribution in [2.24, 2.45) is 0 Å². The number of rotatable bonds is 5. The molecule has 5 nitrogen and oxygen atoms in total. The molecule has 0 aliphatic heterocycles. The van der Waals surface area contributed by atoms with E-state index >= 15 is 0 Å². The maximum Gasteiger partial charge on any atom is 0.320 e. The zero-order valence-corrected chi connectivity index (χ0v) is 11.2. The van der Waals surface area contributed by atoms with Crippen molar-refractivity contribution in [2.45, 2.75) is 13.5 Å². The standard InChI is InChI=1S/C11H12Cl2N4O/c1-2-14-6-9-16-17-11(18-9)15-8-5-3-4-7(12)10(8)13/h3-5,14H,2,6H2,1H3,(H,15,17). The summed E-state index contributed by atoms with van der Waals surface area (Å²) in [5.41, 5.74) is 0.628. The molecule has 1 aromatic carbocycles. The predicted molar refractivity (Wildman–Crippen MR) is 71.4 cm³/mol. The molecule has 7 heteroatoms. The molecular weight excluding hydrogens is 275 g/mol. The normalized spacial score (nSPS) is 10.6. The smallest absolute Gasteiger partial charge is 0.320 e. The SMILES string of the molecule is CCNCc1nnc(Nc2cccc(Cl)c2Cl)o1. The van der Waals surface area contributed by atoms with Crippen molar-refractivity contribution in [3.63, 3.8) is 0 Å². The fourth-order valence-electron chi connectivity index (χ4n) is 1.32. The van der Waals surface area contributed by atoms with Crippen molar-refractivity contribution in [2.75, 3.05) is 11.9 Å². The van der Waals surface area contributed by atoms with Crippen molar-refractivity contribution in [3.05, 3.63) is 34.1 Å². The van der Waals surface area contributed by atoms with Gasteiger partial charge >= 0.3 is 6.01 Å². The molecule has 0 saturated heterocycles. The van der Waals surface area contributed by atoms with E-state index < -0.39 is 0 Å². The van der Waals surface area contributed by atoms with Crippen LogP contribution in [0.25, 0.3) is 0 Å². The average Bonchev–Trinajstić information content (AvgIpc) is 2.80. The van der Waals surface area contributed by atoms with Gasteiger partial charge in [0.15, 0.2) is 0 Å². The molecule has 0 unspecified atom stereocenters. The van der Waals surface area contributed by atoms with Crippen LogP contribution in [0.3, 0.4) is 0 Å². The second-order valence-electron chi connectivity index (χ2n) is 3.51. The van der Waals surface area contributed by atoms with Gasteiger partial charge in [0.1, 0.15) is 0 Å². The highest BCUT2D eigenvalue weighted by atomic mass is 35.5. The van der Waals surface area contributed by atoms with Crippen molar-refractivity contribution < 1.29 is 4.42 Å². The Bertz CT molecular complexity index is 530. The molecule has 0 bridgehead atoms. The van der Waals surface area contributed by atoms with E-state index in [0.29, 0.717) is 28.2 Å². The summed E-state index contributed by atoms with van der Waals surface area (Å²) >= 11 is 11.9. The van der Waals surface area contributed by atoms with Crippen LogP contribution in [0.4, 0.5) is 11.7 Å². The molecular formula is C11H12Cl2N4O. The van der Waals surface area contributed by atoms with Crippen molar-refractivity contribution in [1.29, 1.82) is 0 Å². The molecule has 0 fully saturated rings. The van der Waals surface area contributed by atoms with Gasteiger partial charge in [0, 0.05) is 0 Å². The number of nitrogens with one attached hydrogen (secondary N) is 2. The summed E-state index contributed by atoms with van der Waals surface area (Å²) in [5.74, 6) is 0.512. The Morgan fingerprint density at radius 3 is 2.89 bits per heavy atom. The maximum atomic E-state index is 6.04. The first kappa shape index (κ1) is 13.1. The summed E-state index contributed by atoms with van der Waals surface area (Å²) < 4.78 is 5.39. The van der Waals surface area contributed by atoms with E-state index in [0.717, 1.165) is 6.54 Å². The fraction of sp³-hybridized carbons (Fsp3) is 0.273. The van der Waals surface area contributed by atoms with E-state index in [1.165, 1.54) is 0 Å². The lowest BCUT2D eigenvalue weighted by Crippen LogP contribution is -2.11. The number of hydrogen-bond acceptors (Lipinski definition) is 5. The Morgan fingerprint density at radius 1 is 1.28 bits per heavy atom. The first-order valence-corrected chi connectivity index (χ1v) is 6.20. The van der Waals surface area contributed by atoms with Crippen LogP contribution < -0.4 is 10.6 Å². The lowest BCUT2D eigenvalue weighted by molar-refractivity contribution is 0.484. The van der Waals surface area contributed by atoms with Crippen molar-refractivity contribution in [3.8, 4) is 0 Å². The highest BCUT2D eigenvalue weighted by Crippen LogP contribution is 2.31. The van der Waals surface area contributed by atoms with Gasteiger partial charge in [-0.2, -0.15) is 0 Å². The van der Waals surface area contributed by atoms with E-state index in [1.54, 1.807) is 18.2 Å². The van der Waals surface area contributed by atoms with E-state index in [4.69, 9.17) is 27.6 Å². The Balaban J connectivity index is 2.09. The van der Waals surface area contributed by atoms with E-state index in [1.807, 2.05) is 6.92 Å². The van der Waals surface area contributed by atoms with Gasteiger partial charge in [-0.3, -0.25) is 0 Å². The summed E-state index contributed by atoms with van der Waals surface area (Å²) in [6.07, 6.45) is 0. The molecule has 96 valence electrons. The maximum absolute atomic E-state index is 6.04. The predicted octanol–water partition coefficient (Wildman–Crippen LogP) is 3.23. The molecule has 0 radical (unpaired) electrons. The molecule has 0 spiro atoms. The largest absolute Gasteiger partial charge is 0.406 e. The molecule has 0 aliphatic rings. The topological polar surface area (TPSA) is 63.0 Å². The Kier molecular flexibility index (Phi) is 4.41. The molecule has 0 amide bonds. The highest BCUT2D eigenvalue weighted by molar-refractivity contribution is 6.43. The van der Waals surface area contributed by atoms with Crippen LogP contribution in [0.5, 0.6) is 0 Å². The Hall–Kier alpha value is -1.30. The first-order chi connectivity index (χ1) is 8.70. The molecule has 18 heavy (non-hydrogen) atoms. The van der Waals surface area contributed by atoms with Crippen molar-refractivity contribution >= 4 is 34.9 Å². The van der Waals surface area contributed by atoms with E-state index in [-0.39, 0.29) is 6.01 Å². The third-order valence-corrected chi connectivity index (χ3v) is 3.01. The number of hydrogen-bond donors (Lipinski definition) is 2. The second kappa shape index (κ2) is 6.04. The van der Waals surface area contributed by atoms with Crippen LogP contribution in [-0.4, -0.2) is 16.7 Å². The third-order valence-electron chi connectivity index (χ3n) is 2.19. The lowest BCUT2D eigenvalue weighted by atomic mass is 10.3. The quantitative estimate of drug-likeness (QED) is 0.884. The Labute approximate surface area is 114 Å². The van der Waals surface area contributed by atoms with Gasteiger partial charge in [-0.15, -0.1) is 5.10 Å². The number of benzene rings is 1. The van der Waals surface area contributed by atoms with Gasteiger partial charge in [-0.05, 0) is 18.7 Å². The first-order valence-electron chi connectivity index (χ1n) is 5.45. The van der Waals surface area contributed by atoms with Gasteiger partial charge in [0.2, 0.25) is 5.89 Å². The van der Waals surface area contributed by atoms with Gasteiger partial charge in [-0.1, -0.05) is 41.3 Å². The summed E-state index contributed by atoms with van der Waals surface area (Å²) in [4.78, 5) is 0. The summed E-state index contributed by atoms with van der Waals surface area (Å²) in [5, 5.41) is 14.7. The van der Waals surface area contributed by atoms with Gasteiger partial charge < -0.3 is 15.1 Å². The summed E-state index contributed by atoms with van der Waals surface area (Å²) in [7, 11) is 0. The molecule has 0 aliphatic carbocycles. The van der Waals surface area contributed by atoms with Gasteiger partial charge in [-0.25, -0.2) is 0 Å². The number of nitrogens with zero attached hydrogens (tertiary/aromatic N) is 2. The van der Waals surface area contributed by atoms with E-state index in [2.05, 4.69) is 20.8 Å². The van der Waals surface area contributed by atoms with Crippen molar-refractivity contribution in [1.82, 2.24) is 15.5 Å². The van der Waals surface area contributed by atoms with Crippen LogP contribution in [0.1, 0.15) is 12.8 Å². The Morgan fingerprint density at radius 2 is 2.11 bits per heavy atom. The molecule has 2 aromatic rings. The third kappa shape index (κ3) is 3.13. The lowest BCUT2D eigenvalue weighted by Gasteiger charge is -2.04. The molecule has 2 rings (SSSR count). The van der Waals surface area contributed by atoms with Crippen LogP contribution in [-0.2, 0) is 6.54 Å². The van der Waals surface area contributed by atoms with Gasteiger partial charge in [0.25, 0.3) is 0 Å². The minimum Gasteiger partial charge on any atom is -0.406 e. The van der Waals surface area contributed by atoms with Crippen LogP contribution >= 0.6 is 23.2 Å². The van der Waals surface area contributed by atoms with Crippen LogP contribution in [0.2, 0.25) is 10.0 Å². The van der Waals surface area contributed by atoms with Crippen LogP contribution in [0, 0.1) is 0 Å². The zero-order chi connectivity index (χ0) is 13.0. The zero-order valence-electron chi connectivity index (χ0n) is 9.70. The minimum atomic E-state index is 0.284. The summed E-state index contributed by atoms with van der Waals surface area (Å²) in [6.45, 7) is 3.38. The monoisotopic (exact) mass is 286 g/mol. The number of anilines is 2.